The van der Waals surface area contributed by atoms with Crippen molar-refractivity contribution >= 4 is 17.9 Å². The van der Waals surface area contributed by atoms with E-state index in [1.165, 1.54) is 6.08 Å². The number of ether oxygens (including phenoxy) is 1. The van der Waals surface area contributed by atoms with Crippen LogP contribution in [0.2, 0.25) is 0 Å². The molecule has 102 valence electrons. The number of carbonyl (C=O) groups excluding carboxylic acids is 2. The van der Waals surface area contributed by atoms with E-state index in [1.807, 2.05) is 31.2 Å². The lowest BCUT2D eigenvalue weighted by Gasteiger charge is -2.06. The van der Waals surface area contributed by atoms with Gasteiger partial charge in [-0.25, -0.2) is 5.48 Å². The van der Waals surface area contributed by atoms with Crippen molar-refractivity contribution in [1.29, 1.82) is 0 Å². The average molecular weight is 264 g/mol. The van der Waals surface area contributed by atoms with E-state index in [1.54, 1.807) is 6.08 Å². The van der Waals surface area contributed by atoms with Gasteiger partial charge in [-0.15, -0.1) is 0 Å². The number of para-hydroxylation sites is 1. The summed E-state index contributed by atoms with van der Waals surface area (Å²) in [6, 6.07) is 7.31. The van der Waals surface area contributed by atoms with Crippen LogP contribution in [0.25, 0.3) is 6.08 Å². The van der Waals surface area contributed by atoms with Gasteiger partial charge in [-0.05, 0) is 19.1 Å². The largest absolute Gasteiger partial charge is 0.493 e. The van der Waals surface area contributed by atoms with Crippen LogP contribution in [0.1, 0.15) is 12.5 Å². The smallest absolute Gasteiger partial charge is 0.267 e. The van der Waals surface area contributed by atoms with E-state index in [0.29, 0.717) is 12.4 Å². The van der Waals surface area contributed by atoms with Crippen LogP contribution in [0.3, 0.4) is 0 Å². The zero-order chi connectivity index (χ0) is 14.1. The van der Waals surface area contributed by atoms with Gasteiger partial charge in [0.15, 0.2) is 6.61 Å². The summed E-state index contributed by atoms with van der Waals surface area (Å²) in [6.07, 6.45) is 2.87. The van der Waals surface area contributed by atoms with Crippen LogP contribution in [-0.2, 0) is 14.4 Å². The first-order valence-electron chi connectivity index (χ1n) is 5.73. The molecule has 0 aliphatic heterocycles. The van der Waals surface area contributed by atoms with E-state index < -0.39 is 11.8 Å². The summed E-state index contributed by atoms with van der Waals surface area (Å²) < 4.78 is 5.41. The monoisotopic (exact) mass is 264 g/mol. The summed E-state index contributed by atoms with van der Waals surface area (Å²) in [7, 11) is 0. The van der Waals surface area contributed by atoms with Crippen LogP contribution in [0.5, 0.6) is 5.75 Å². The topological polar surface area (TPSA) is 90.7 Å². The number of nitrogens with one attached hydrogen (secondary N) is 1. The van der Waals surface area contributed by atoms with Crippen molar-refractivity contribution in [1.82, 2.24) is 5.48 Å². The molecular weight excluding hydrogens is 248 g/mol. The molecule has 0 atom stereocenters. The number of hydrogen-bond acceptors (Lipinski definition) is 4. The lowest BCUT2D eigenvalue weighted by atomic mass is 10.2. The molecule has 19 heavy (non-hydrogen) atoms. The number of hydrogen-bond donors (Lipinski definition) is 2. The lowest BCUT2D eigenvalue weighted by Crippen LogP contribution is -2.28. The second-order valence-electron chi connectivity index (χ2n) is 3.53. The second-order valence-corrected chi connectivity index (χ2v) is 3.53. The molecule has 2 amide bonds. The highest BCUT2D eigenvalue weighted by molar-refractivity contribution is 5.91. The zero-order valence-corrected chi connectivity index (χ0v) is 10.6. The number of nitrogens with two attached hydrogens (primary N) is 1. The summed E-state index contributed by atoms with van der Waals surface area (Å²) in [5.74, 6) is -0.467. The van der Waals surface area contributed by atoms with Crippen molar-refractivity contribution in [3.8, 4) is 5.75 Å². The van der Waals surface area contributed by atoms with Gasteiger partial charge in [-0.2, -0.15) is 0 Å². The van der Waals surface area contributed by atoms with E-state index in [-0.39, 0.29) is 6.61 Å². The Kier molecular flexibility index (Phi) is 6.11. The van der Waals surface area contributed by atoms with E-state index in [2.05, 4.69) is 10.3 Å². The predicted octanol–water partition coefficient (Wildman–Crippen LogP) is 0.632. The molecule has 0 bridgehead atoms. The molecule has 0 saturated carbocycles. The van der Waals surface area contributed by atoms with Gasteiger partial charge in [0.1, 0.15) is 5.75 Å². The van der Waals surface area contributed by atoms with Gasteiger partial charge >= 0.3 is 0 Å². The summed E-state index contributed by atoms with van der Waals surface area (Å²) in [5, 5.41) is 0. The Balaban J connectivity index is 2.55. The van der Waals surface area contributed by atoms with Crippen LogP contribution in [0.4, 0.5) is 0 Å². The minimum absolute atomic E-state index is 0.366. The van der Waals surface area contributed by atoms with Crippen molar-refractivity contribution in [3.05, 3.63) is 35.9 Å². The van der Waals surface area contributed by atoms with Crippen LogP contribution < -0.4 is 16.0 Å². The molecule has 1 aromatic rings. The first-order valence-corrected chi connectivity index (χ1v) is 5.73. The first-order chi connectivity index (χ1) is 9.13. The molecule has 6 heteroatoms. The molecule has 0 radical (unpaired) electrons. The van der Waals surface area contributed by atoms with Crippen LogP contribution in [-0.4, -0.2) is 25.0 Å². The third-order valence-electron chi connectivity index (χ3n) is 2.02. The average Bonchev–Trinajstić information content (AvgIpc) is 2.37. The maximum atomic E-state index is 11.4. The summed E-state index contributed by atoms with van der Waals surface area (Å²) in [4.78, 5) is 26.3. The van der Waals surface area contributed by atoms with Gasteiger partial charge in [0.25, 0.3) is 5.91 Å². The van der Waals surface area contributed by atoms with Crippen molar-refractivity contribution in [2.45, 2.75) is 6.92 Å². The number of amides is 2. The molecule has 0 heterocycles. The van der Waals surface area contributed by atoms with Gasteiger partial charge < -0.3 is 10.5 Å². The van der Waals surface area contributed by atoms with Gasteiger partial charge in [-0.3, -0.25) is 14.4 Å². The number of benzene rings is 1. The molecule has 0 spiro atoms. The highest BCUT2D eigenvalue weighted by Gasteiger charge is 2.01. The molecule has 0 aliphatic carbocycles. The molecular formula is C13H16N2O4. The standard InChI is InChI=1S/C13H16N2O4/c1-2-18-11-6-4-3-5-10(11)7-8-13(17)15-19-9-12(14)16/h3-8H,2,9H2,1H3,(H2,14,16)(H,15,17)/b8-7+. The predicted molar refractivity (Wildman–Crippen MR) is 69.9 cm³/mol. The number of carbonyl (C=O) groups is 2. The Morgan fingerprint density at radius 3 is 2.79 bits per heavy atom. The second kappa shape index (κ2) is 7.88. The fourth-order valence-electron chi connectivity index (χ4n) is 1.28. The van der Waals surface area contributed by atoms with E-state index in [9.17, 15) is 9.59 Å². The number of rotatable bonds is 7. The minimum atomic E-state index is -0.661. The van der Waals surface area contributed by atoms with E-state index in [0.717, 1.165) is 5.56 Å². The van der Waals surface area contributed by atoms with Crippen molar-refractivity contribution in [2.24, 2.45) is 5.73 Å². The van der Waals surface area contributed by atoms with Crippen LogP contribution in [0, 0.1) is 0 Å². The highest BCUT2D eigenvalue weighted by atomic mass is 16.7. The first kappa shape index (κ1) is 14.7. The fraction of sp³-hybridized carbons (Fsp3) is 0.231. The summed E-state index contributed by atoms with van der Waals surface area (Å²) >= 11 is 0. The fourth-order valence-corrected chi connectivity index (χ4v) is 1.28. The Hall–Kier alpha value is -2.34. The third kappa shape index (κ3) is 5.69. The van der Waals surface area contributed by atoms with E-state index >= 15 is 0 Å². The molecule has 0 aromatic heterocycles. The maximum Gasteiger partial charge on any atom is 0.267 e. The Morgan fingerprint density at radius 2 is 2.11 bits per heavy atom. The molecule has 0 fully saturated rings. The van der Waals surface area contributed by atoms with Gasteiger partial charge in [0, 0.05) is 11.6 Å². The molecule has 3 N–H and O–H groups in total. The van der Waals surface area contributed by atoms with Crippen molar-refractivity contribution in [3.63, 3.8) is 0 Å². The molecule has 0 saturated heterocycles. The normalized spacial score (nSPS) is 10.4. The van der Waals surface area contributed by atoms with Gasteiger partial charge in [-0.1, -0.05) is 18.2 Å². The van der Waals surface area contributed by atoms with E-state index in [4.69, 9.17) is 10.5 Å². The lowest BCUT2D eigenvalue weighted by molar-refractivity contribution is -0.134. The summed E-state index contributed by atoms with van der Waals surface area (Å²) in [6.45, 7) is 2.05. The molecule has 0 unspecified atom stereocenters. The molecule has 1 rings (SSSR count). The maximum absolute atomic E-state index is 11.4. The summed E-state index contributed by atoms with van der Waals surface area (Å²) in [5.41, 5.74) is 7.69. The Labute approximate surface area is 111 Å². The third-order valence-corrected chi connectivity index (χ3v) is 2.02. The molecule has 6 nitrogen and oxygen atoms in total. The number of hydroxylamine groups is 1. The quantitative estimate of drug-likeness (QED) is 0.558. The van der Waals surface area contributed by atoms with Crippen LogP contribution >= 0.6 is 0 Å². The number of primary amides is 1. The minimum Gasteiger partial charge on any atom is -0.493 e. The van der Waals surface area contributed by atoms with Crippen LogP contribution in [0.15, 0.2) is 30.3 Å². The molecule has 1 aromatic carbocycles. The molecule has 0 aliphatic rings. The zero-order valence-electron chi connectivity index (χ0n) is 10.6. The van der Waals surface area contributed by atoms with Crippen molar-refractivity contribution < 1.29 is 19.2 Å². The Bertz CT molecular complexity index is 471. The SMILES string of the molecule is CCOc1ccccc1/C=C/C(=O)NOCC(N)=O. The van der Waals surface area contributed by atoms with Crippen molar-refractivity contribution in [2.75, 3.05) is 13.2 Å². The Morgan fingerprint density at radius 1 is 1.37 bits per heavy atom. The van der Waals surface area contributed by atoms with Gasteiger partial charge in [0.05, 0.1) is 6.61 Å². The van der Waals surface area contributed by atoms with Gasteiger partial charge in [0.2, 0.25) is 5.91 Å². The highest BCUT2D eigenvalue weighted by Crippen LogP contribution is 2.19.